The first kappa shape index (κ1) is 27.7. The van der Waals surface area contributed by atoms with Crippen LogP contribution >= 0.6 is 0 Å². The summed E-state index contributed by atoms with van der Waals surface area (Å²) in [4.78, 5) is 31.0. The highest BCUT2D eigenvalue weighted by Crippen LogP contribution is 2.43. The number of carbonyl (C=O) groups is 1. The topological polar surface area (TPSA) is 155 Å². The van der Waals surface area contributed by atoms with Gasteiger partial charge in [-0.3, -0.25) is 13.8 Å². The highest BCUT2D eigenvalue weighted by atomic mass is 19.1. The predicted molar refractivity (Wildman–Crippen MR) is 153 cm³/mol. The lowest BCUT2D eigenvalue weighted by Crippen LogP contribution is -2.26. The number of rotatable bonds is 1. The van der Waals surface area contributed by atoms with E-state index in [2.05, 4.69) is 25.5 Å². The van der Waals surface area contributed by atoms with Gasteiger partial charge in [0, 0.05) is 38.3 Å². The molecule has 4 bridgehead atoms. The molecule has 8 rings (SSSR count). The summed E-state index contributed by atoms with van der Waals surface area (Å²) < 4.78 is 29.9. The van der Waals surface area contributed by atoms with Crippen LogP contribution in [0.4, 0.5) is 9.18 Å². The molecule has 4 N–H and O–H groups in total. The summed E-state index contributed by atoms with van der Waals surface area (Å²) in [5.74, 6) is -0.585. The van der Waals surface area contributed by atoms with Crippen LogP contribution in [0.25, 0.3) is 44.5 Å². The van der Waals surface area contributed by atoms with Crippen LogP contribution in [0.2, 0.25) is 0 Å². The monoisotopic (exact) mass is 577 g/mol. The van der Waals surface area contributed by atoms with E-state index in [9.17, 15) is 14.7 Å². The van der Waals surface area contributed by atoms with E-state index in [4.69, 9.17) is 4.74 Å². The number of amides is 1. The third kappa shape index (κ3) is 4.73. The van der Waals surface area contributed by atoms with Gasteiger partial charge in [0.1, 0.15) is 5.65 Å². The van der Waals surface area contributed by atoms with Gasteiger partial charge in [0.2, 0.25) is 5.95 Å². The van der Waals surface area contributed by atoms with Gasteiger partial charge in [0.15, 0.2) is 0 Å². The van der Waals surface area contributed by atoms with E-state index in [1.807, 2.05) is 28.8 Å². The van der Waals surface area contributed by atoms with Crippen molar-refractivity contribution in [3.63, 3.8) is 0 Å². The van der Waals surface area contributed by atoms with Crippen molar-refractivity contribution in [1.82, 2.24) is 28.9 Å². The first-order chi connectivity index (χ1) is 20.2. The number of carbonyl (C=O) groups excluding carboxylic acids is 1. The number of benzene rings is 1. The lowest BCUT2D eigenvalue weighted by molar-refractivity contribution is -0.00700. The van der Waals surface area contributed by atoms with Gasteiger partial charge in [-0.2, -0.15) is 4.39 Å². The van der Waals surface area contributed by atoms with Crippen LogP contribution in [0.3, 0.4) is 0 Å². The minimum Gasteiger partial charge on any atom is -0.453 e. The molecule has 220 valence electrons. The van der Waals surface area contributed by atoms with Crippen LogP contribution in [0.1, 0.15) is 30.9 Å². The van der Waals surface area contributed by atoms with Gasteiger partial charge in [-0.05, 0) is 30.4 Å². The number of nitrogens with one attached hydrogen (secondary N) is 1. The highest BCUT2D eigenvalue weighted by molar-refractivity contribution is 6.14. The molecule has 1 fully saturated rings. The summed E-state index contributed by atoms with van der Waals surface area (Å²) >= 11 is 0. The van der Waals surface area contributed by atoms with Crippen molar-refractivity contribution in [1.29, 1.82) is 0 Å². The lowest BCUT2D eigenvalue weighted by Gasteiger charge is -2.17. The Balaban J connectivity index is 0.000000585. The second-order valence-electron chi connectivity index (χ2n) is 10.8. The fraction of sp³-hybridized carbons (Fsp3) is 0.379. The summed E-state index contributed by atoms with van der Waals surface area (Å²) in [7, 11) is 4.66. The summed E-state index contributed by atoms with van der Waals surface area (Å²) in [5.41, 5.74) is 9.90. The quantitative estimate of drug-likeness (QED) is 0.276. The van der Waals surface area contributed by atoms with E-state index >= 15 is 4.39 Å². The molecule has 3 atom stereocenters. The van der Waals surface area contributed by atoms with Crippen LogP contribution in [0, 0.1) is 5.95 Å². The maximum absolute atomic E-state index is 15.0. The van der Waals surface area contributed by atoms with Gasteiger partial charge in [0.25, 0.3) is 0 Å². The third-order valence-corrected chi connectivity index (χ3v) is 8.09. The average molecular weight is 578 g/mol. The van der Waals surface area contributed by atoms with Crippen molar-refractivity contribution in [2.24, 2.45) is 19.8 Å². The largest absolute Gasteiger partial charge is 0.453 e. The summed E-state index contributed by atoms with van der Waals surface area (Å²) in [6.45, 7) is 0.252. The molecule has 1 amide bonds. The number of aliphatic hydroxyl groups is 1. The van der Waals surface area contributed by atoms with E-state index in [0.717, 1.165) is 46.0 Å². The predicted octanol–water partition coefficient (Wildman–Crippen LogP) is 3.16. The molecule has 4 aromatic heterocycles. The van der Waals surface area contributed by atoms with Crippen LogP contribution < -0.4 is 11.4 Å². The SMILES string of the molecule is COC(N)=O.Cn1cc(-c2[nH]c3ncc4c5c3c2-c2ccc(cc2)CC(O)CO[C@H]2CCC(C2)n5c(=O)n4C)c(F)n1. The molecule has 12 nitrogen and oxygen atoms in total. The van der Waals surface area contributed by atoms with E-state index < -0.39 is 18.1 Å². The number of methoxy groups -OCH3 is 1. The molecule has 13 heteroatoms. The number of aromatic nitrogens is 6. The van der Waals surface area contributed by atoms with Gasteiger partial charge in [-0.25, -0.2) is 14.6 Å². The van der Waals surface area contributed by atoms with E-state index in [1.54, 1.807) is 31.1 Å². The number of primary amides is 1. The zero-order valence-corrected chi connectivity index (χ0v) is 23.5. The normalized spacial score (nSPS) is 20.0. The van der Waals surface area contributed by atoms with Crippen molar-refractivity contribution in [3.05, 3.63) is 58.7 Å². The van der Waals surface area contributed by atoms with Crippen molar-refractivity contribution in [2.45, 2.75) is 43.9 Å². The fourth-order valence-electron chi connectivity index (χ4n) is 6.13. The number of hydrogen-bond donors (Lipinski definition) is 3. The maximum Gasteiger partial charge on any atom is 0.404 e. The van der Waals surface area contributed by atoms with Gasteiger partial charge in [0.05, 0.1) is 59.8 Å². The standard InChI is InChI=1S/C27H27FN6O3.C2H5NO2/c1-32-12-19(25(28)31-32)23-21-15-5-3-14(4-6-15)9-17(35)13-37-18-8-7-16(10-18)34-24-20(33(2)27(34)36)11-29-26(30-23)22(21)24;1-5-2(3)4/h3-6,11-12,16-18,35H,7-10,13H2,1-2H3,(H,29,30);1H3,(H2,3,4)/t16?,17?,18-;/m0./s1. The van der Waals surface area contributed by atoms with Crippen molar-refractivity contribution in [3.8, 4) is 22.4 Å². The fourth-order valence-corrected chi connectivity index (χ4v) is 6.13. The van der Waals surface area contributed by atoms with Gasteiger partial charge in [-0.15, -0.1) is 5.10 Å². The van der Waals surface area contributed by atoms with Crippen molar-refractivity contribution >= 4 is 28.2 Å². The molecule has 0 saturated heterocycles. The Hall–Kier alpha value is -4.49. The molecule has 2 unspecified atom stereocenters. The van der Waals surface area contributed by atoms with E-state index in [0.29, 0.717) is 29.7 Å². The molecule has 1 aromatic carbocycles. The number of H-pyrrole nitrogens is 1. The van der Waals surface area contributed by atoms with E-state index in [1.165, 1.54) is 11.8 Å². The number of halogens is 1. The number of aliphatic hydroxyl groups excluding tert-OH is 1. The molecular weight excluding hydrogens is 545 g/mol. The van der Waals surface area contributed by atoms with Crippen molar-refractivity contribution in [2.75, 3.05) is 13.7 Å². The number of nitrogens with zero attached hydrogens (tertiary/aromatic N) is 5. The van der Waals surface area contributed by atoms with Crippen LogP contribution in [0.5, 0.6) is 0 Å². The Morgan fingerprint density at radius 2 is 1.98 bits per heavy atom. The molecule has 2 aliphatic heterocycles. The number of fused-ring (bicyclic) bond motifs is 5. The average Bonchev–Trinajstić information content (AvgIpc) is 3.72. The number of imidazole rings is 1. The second kappa shape index (κ2) is 10.7. The second-order valence-corrected chi connectivity index (χ2v) is 10.8. The zero-order valence-electron chi connectivity index (χ0n) is 23.5. The number of aryl methyl sites for hydroxylation is 2. The minimum atomic E-state index is -0.745. The number of nitrogens with two attached hydrogens (primary N) is 1. The van der Waals surface area contributed by atoms with Crippen LogP contribution in [-0.4, -0.2) is 66.0 Å². The Labute approximate surface area is 239 Å². The summed E-state index contributed by atoms with van der Waals surface area (Å²) in [5, 5.41) is 15.3. The Morgan fingerprint density at radius 1 is 1.24 bits per heavy atom. The molecule has 6 heterocycles. The first-order valence-electron chi connectivity index (χ1n) is 13.7. The minimum absolute atomic E-state index is 0.0307. The van der Waals surface area contributed by atoms with Gasteiger partial charge >= 0.3 is 11.8 Å². The molecular formula is C29H32FN7O5. The summed E-state index contributed by atoms with van der Waals surface area (Å²) in [6, 6.07) is 7.83. The molecule has 3 aliphatic rings. The molecule has 0 radical (unpaired) electrons. The Kier molecular flexibility index (Phi) is 7.07. The first-order valence-corrected chi connectivity index (χ1v) is 13.7. The third-order valence-electron chi connectivity index (χ3n) is 8.09. The highest BCUT2D eigenvalue weighted by Gasteiger charge is 2.32. The smallest absolute Gasteiger partial charge is 0.404 e. The lowest BCUT2D eigenvalue weighted by atomic mass is 9.97. The number of pyridine rings is 1. The molecule has 0 spiro atoms. The number of aromatic amines is 1. The van der Waals surface area contributed by atoms with Crippen LogP contribution in [0.15, 0.2) is 41.5 Å². The van der Waals surface area contributed by atoms with Gasteiger partial charge in [-0.1, -0.05) is 24.3 Å². The summed E-state index contributed by atoms with van der Waals surface area (Å²) in [6.07, 6.45) is 4.71. The number of hydrogen-bond acceptors (Lipinski definition) is 7. The van der Waals surface area contributed by atoms with Crippen LogP contribution in [-0.2, 0) is 30.0 Å². The van der Waals surface area contributed by atoms with Gasteiger partial charge < -0.3 is 25.3 Å². The van der Waals surface area contributed by atoms with E-state index in [-0.39, 0.29) is 24.4 Å². The molecule has 1 aliphatic carbocycles. The Bertz CT molecular complexity index is 1850. The Morgan fingerprint density at radius 3 is 2.64 bits per heavy atom. The molecule has 5 aromatic rings. The van der Waals surface area contributed by atoms with Crippen molar-refractivity contribution < 1.29 is 23.8 Å². The maximum atomic E-state index is 15.0. The molecule has 1 saturated carbocycles. The zero-order chi connectivity index (χ0) is 29.7. The number of ether oxygens (including phenoxy) is 2. The molecule has 42 heavy (non-hydrogen) atoms.